The van der Waals surface area contributed by atoms with Gasteiger partial charge in [-0.3, -0.25) is 9.36 Å². The number of rotatable bonds is 6. The van der Waals surface area contributed by atoms with Gasteiger partial charge in [-0.25, -0.2) is 14.4 Å². The number of hydrogen-bond donors (Lipinski definition) is 1. The van der Waals surface area contributed by atoms with Gasteiger partial charge in [0.15, 0.2) is 5.82 Å². The van der Waals surface area contributed by atoms with Gasteiger partial charge in [0.05, 0.1) is 17.8 Å². The van der Waals surface area contributed by atoms with E-state index in [0.29, 0.717) is 5.56 Å². The topological polar surface area (TPSA) is 82.7 Å². The first kappa shape index (κ1) is 21.4. The third kappa shape index (κ3) is 4.15. The standard InChI is InChI=1S/C24H28FN7O/c1-4-26-21-11-20-19(13-28-21)23(16-12-29-31(3)14-16)30-32(20)17-5-7-18(8-6-17)33-24-22(25)15(2)9-10-27-24/h9-14,17-18H,4-8H2,1-3H3,(H,26,28). The van der Waals surface area contributed by atoms with Gasteiger partial charge >= 0.3 is 0 Å². The van der Waals surface area contributed by atoms with E-state index in [0.717, 1.165) is 60.2 Å². The maximum atomic E-state index is 14.3. The van der Waals surface area contributed by atoms with E-state index in [9.17, 15) is 4.39 Å². The molecule has 0 spiro atoms. The van der Waals surface area contributed by atoms with Gasteiger partial charge in [0.25, 0.3) is 5.88 Å². The molecule has 1 fully saturated rings. The Morgan fingerprint density at radius 3 is 2.73 bits per heavy atom. The molecular weight excluding hydrogens is 421 g/mol. The zero-order chi connectivity index (χ0) is 22.9. The van der Waals surface area contributed by atoms with E-state index >= 15 is 0 Å². The van der Waals surface area contributed by atoms with Gasteiger partial charge in [0.1, 0.15) is 17.6 Å². The number of hydrogen-bond acceptors (Lipinski definition) is 6. The molecule has 1 aliphatic carbocycles. The SMILES string of the molecule is CCNc1cc2c(cn1)c(-c1cnn(C)c1)nn2C1CCC(Oc2nccc(C)c2F)CC1. The second kappa shape index (κ2) is 8.80. The summed E-state index contributed by atoms with van der Waals surface area (Å²) >= 11 is 0. The van der Waals surface area contributed by atoms with Crippen LogP contribution < -0.4 is 10.1 Å². The van der Waals surface area contributed by atoms with Crippen molar-refractivity contribution in [3.05, 3.63) is 48.3 Å². The summed E-state index contributed by atoms with van der Waals surface area (Å²) in [4.78, 5) is 8.65. The lowest BCUT2D eigenvalue weighted by Crippen LogP contribution is -2.27. The molecule has 0 saturated heterocycles. The molecule has 1 N–H and O–H groups in total. The van der Waals surface area contributed by atoms with E-state index in [1.165, 1.54) is 0 Å². The fourth-order valence-electron chi connectivity index (χ4n) is 4.51. The number of halogens is 1. The van der Waals surface area contributed by atoms with Crippen molar-refractivity contribution in [2.75, 3.05) is 11.9 Å². The minimum Gasteiger partial charge on any atom is -0.472 e. The Balaban J connectivity index is 1.41. The fraction of sp³-hybridized carbons (Fsp3) is 0.417. The number of anilines is 1. The third-order valence-electron chi connectivity index (χ3n) is 6.25. The van der Waals surface area contributed by atoms with E-state index in [2.05, 4.69) is 38.1 Å². The molecule has 0 radical (unpaired) electrons. The number of fused-ring (bicyclic) bond motifs is 1. The molecular formula is C24H28FN7O. The summed E-state index contributed by atoms with van der Waals surface area (Å²) in [7, 11) is 1.90. The summed E-state index contributed by atoms with van der Waals surface area (Å²) < 4.78 is 24.1. The first-order valence-corrected chi connectivity index (χ1v) is 11.4. The first-order chi connectivity index (χ1) is 16.0. The van der Waals surface area contributed by atoms with Gasteiger partial charge in [-0.15, -0.1) is 0 Å². The number of nitrogens with one attached hydrogen (secondary N) is 1. The van der Waals surface area contributed by atoms with Crippen LogP contribution in [0.3, 0.4) is 0 Å². The molecule has 0 unspecified atom stereocenters. The van der Waals surface area contributed by atoms with Crippen LogP contribution in [0.15, 0.2) is 36.9 Å². The number of aromatic nitrogens is 6. The number of ether oxygens (including phenoxy) is 1. The molecule has 4 heterocycles. The summed E-state index contributed by atoms with van der Waals surface area (Å²) in [6.45, 7) is 4.57. The van der Waals surface area contributed by atoms with Crippen molar-refractivity contribution >= 4 is 16.7 Å². The second-order valence-corrected chi connectivity index (χ2v) is 8.61. The van der Waals surface area contributed by atoms with Crippen LogP contribution >= 0.6 is 0 Å². The highest BCUT2D eigenvalue weighted by Gasteiger charge is 2.28. The smallest absolute Gasteiger partial charge is 0.250 e. The Bertz CT molecular complexity index is 1270. The Morgan fingerprint density at radius 1 is 1.18 bits per heavy atom. The highest BCUT2D eigenvalue weighted by molar-refractivity contribution is 5.93. The minimum absolute atomic E-state index is 0.0522. The molecule has 8 nitrogen and oxygen atoms in total. The van der Waals surface area contributed by atoms with E-state index in [4.69, 9.17) is 9.84 Å². The van der Waals surface area contributed by atoms with Gasteiger partial charge in [0, 0.05) is 49.2 Å². The molecule has 0 aliphatic heterocycles. The van der Waals surface area contributed by atoms with Crippen molar-refractivity contribution in [2.45, 2.75) is 51.7 Å². The lowest BCUT2D eigenvalue weighted by Gasteiger charge is -2.29. The molecule has 4 aromatic heterocycles. The lowest BCUT2D eigenvalue weighted by atomic mass is 9.93. The first-order valence-electron chi connectivity index (χ1n) is 11.4. The van der Waals surface area contributed by atoms with Crippen LogP contribution in [-0.2, 0) is 7.05 Å². The zero-order valence-corrected chi connectivity index (χ0v) is 19.1. The van der Waals surface area contributed by atoms with Crippen LogP contribution in [-0.4, -0.2) is 42.2 Å². The Kier molecular flexibility index (Phi) is 5.70. The van der Waals surface area contributed by atoms with Gasteiger partial charge in [-0.2, -0.15) is 10.2 Å². The monoisotopic (exact) mass is 449 g/mol. The van der Waals surface area contributed by atoms with Crippen LogP contribution in [0.2, 0.25) is 0 Å². The molecule has 0 bridgehead atoms. The van der Waals surface area contributed by atoms with E-state index in [-0.39, 0.29) is 23.8 Å². The van der Waals surface area contributed by atoms with E-state index in [1.807, 2.05) is 25.6 Å². The van der Waals surface area contributed by atoms with Gasteiger partial charge < -0.3 is 10.1 Å². The largest absolute Gasteiger partial charge is 0.472 e. The number of nitrogens with zero attached hydrogens (tertiary/aromatic N) is 6. The van der Waals surface area contributed by atoms with Crippen LogP contribution in [0.4, 0.5) is 10.2 Å². The second-order valence-electron chi connectivity index (χ2n) is 8.61. The summed E-state index contributed by atoms with van der Waals surface area (Å²) in [6.07, 6.45) is 10.6. The van der Waals surface area contributed by atoms with Crippen LogP contribution in [0.1, 0.15) is 44.2 Å². The average molecular weight is 450 g/mol. The summed E-state index contributed by atoms with van der Waals surface area (Å²) in [6, 6.07) is 3.95. The molecule has 9 heteroatoms. The molecule has 0 atom stereocenters. The minimum atomic E-state index is -0.373. The van der Waals surface area contributed by atoms with E-state index in [1.54, 1.807) is 23.9 Å². The fourth-order valence-corrected chi connectivity index (χ4v) is 4.51. The molecule has 0 aromatic carbocycles. The number of pyridine rings is 2. The molecule has 1 aliphatic rings. The maximum Gasteiger partial charge on any atom is 0.250 e. The average Bonchev–Trinajstić information content (AvgIpc) is 3.41. The Hall–Kier alpha value is -3.49. The molecule has 4 aromatic rings. The molecule has 172 valence electrons. The van der Waals surface area contributed by atoms with Crippen molar-refractivity contribution < 1.29 is 9.13 Å². The predicted molar refractivity (Wildman–Crippen MR) is 125 cm³/mol. The van der Waals surface area contributed by atoms with Gasteiger partial charge in [0.2, 0.25) is 0 Å². The van der Waals surface area contributed by atoms with Crippen molar-refractivity contribution in [3.8, 4) is 17.1 Å². The van der Waals surface area contributed by atoms with E-state index < -0.39 is 0 Å². The van der Waals surface area contributed by atoms with Gasteiger partial charge in [-0.1, -0.05) is 0 Å². The molecule has 33 heavy (non-hydrogen) atoms. The quantitative estimate of drug-likeness (QED) is 0.461. The highest BCUT2D eigenvalue weighted by Crippen LogP contribution is 2.36. The van der Waals surface area contributed by atoms with Crippen molar-refractivity contribution in [1.29, 1.82) is 0 Å². The third-order valence-corrected chi connectivity index (χ3v) is 6.25. The van der Waals surface area contributed by atoms with Crippen LogP contribution in [0, 0.1) is 12.7 Å². The van der Waals surface area contributed by atoms with Crippen LogP contribution in [0.25, 0.3) is 22.2 Å². The summed E-state index contributed by atoms with van der Waals surface area (Å²) in [5, 5.41) is 13.6. The normalized spacial score (nSPS) is 18.5. The lowest BCUT2D eigenvalue weighted by molar-refractivity contribution is 0.120. The van der Waals surface area contributed by atoms with Crippen molar-refractivity contribution in [3.63, 3.8) is 0 Å². The summed E-state index contributed by atoms with van der Waals surface area (Å²) in [5.74, 6) is 0.562. The highest BCUT2D eigenvalue weighted by atomic mass is 19.1. The Morgan fingerprint density at radius 2 is 2.00 bits per heavy atom. The maximum absolute atomic E-state index is 14.3. The van der Waals surface area contributed by atoms with Gasteiger partial charge in [-0.05, 0) is 51.2 Å². The Labute approximate surface area is 191 Å². The van der Waals surface area contributed by atoms with Crippen molar-refractivity contribution in [2.24, 2.45) is 7.05 Å². The molecule has 1 saturated carbocycles. The summed E-state index contributed by atoms with van der Waals surface area (Å²) in [5.41, 5.74) is 3.45. The molecule has 5 rings (SSSR count). The zero-order valence-electron chi connectivity index (χ0n) is 19.1. The predicted octanol–water partition coefficient (Wildman–Crippen LogP) is 4.67. The van der Waals surface area contributed by atoms with Crippen molar-refractivity contribution in [1.82, 2.24) is 29.5 Å². The van der Waals surface area contributed by atoms with Crippen LogP contribution in [0.5, 0.6) is 5.88 Å². The number of aryl methyl sites for hydroxylation is 2. The molecule has 0 amide bonds.